The predicted octanol–water partition coefficient (Wildman–Crippen LogP) is 4.86. The number of nitrogens with two attached hydrogens (primary N) is 1. The third kappa shape index (κ3) is 18.1. The number of rotatable bonds is 4. The van der Waals surface area contributed by atoms with E-state index in [0.717, 1.165) is 13.1 Å². The first-order valence-corrected chi connectivity index (χ1v) is 11.1. The molecule has 0 aliphatic rings. The smallest absolute Gasteiger partial charge is 0.280 e. The molecule has 0 aliphatic heterocycles. The van der Waals surface area contributed by atoms with Crippen LogP contribution in [0.5, 0.6) is 0 Å². The molecule has 2 aromatic rings. The molecule has 0 unspecified atom stereocenters. The minimum atomic E-state index is -0.559. The number of hydrogen-bond donors (Lipinski definition) is 2. The van der Waals surface area contributed by atoms with Gasteiger partial charge in [-0.1, -0.05) is 58.9 Å². The van der Waals surface area contributed by atoms with Gasteiger partial charge in [-0.2, -0.15) is 0 Å². The molecule has 10 heteroatoms. The highest BCUT2D eigenvalue weighted by Gasteiger charge is 2.15. The summed E-state index contributed by atoms with van der Waals surface area (Å²) in [6.45, 7) is 16.3. The number of nitrogens with zero attached hydrogens (tertiary/aromatic N) is 2. The first kappa shape index (κ1) is 37.8. The van der Waals surface area contributed by atoms with E-state index in [4.69, 9.17) is 5.73 Å². The molecule has 2 rings (SSSR count). The number of nitro groups is 2. The maximum atomic E-state index is 10.9. The molecule has 0 aliphatic carbocycles. The lowest BCUT2D eigenvalue weighted by molar-refractivity contribution is -0.385. The molecule has 0 bridgehead atoms. The molecule has 0 aromatic heterocycles. The first-order valence-electron chi connectivity index (χ1n) is 11.1. The van der Waals surface area contributed by atoms with E-state index in [9.17, 15) is 29.8 Å². The number of carbonyl (C=O) groups excluding carboxylic acids is 2. The number of ketones is 2. The summed E-state index contributed by atoms with van der Waals surface area (Å²) in [5, 5.41) is 20.8. The van der Waals surface area contributed by atoms with Crippen molar-refractivity contribution in [2.24, 2.45) is 5.73 Å². The average Bonchev–Trinajstić information content (AvgIpc) is 2.83. The largest absolute Gasteiger partial charge is 0.358 e. The SMILES string of the molecule is CC.CC.CC(=O)c1ccccc1[N+](=O)[O-].CC(=O)c1ccccc1[N+](=O)[O-].CCN.CC[NH3+]. The summed E-state index contributed by atoms with van der Waals surface area (Å²) in [5.41, 5.74) is 8.38. The summed E-state index contributed by atoms with van der Waals surface area (Å²) in [4.78, 5) is 41.4. The number of Topliss-reactive ketones (excluding diaryl/α,β-unsaturated/α-hetero) is 2. The first-order chi connectivity index (χ1) is 16.1. The third-order valence-electron chi connectivity index (χ3n) is 2.96. The van der Waals surface area contributed by atoms with Crippen LogP contribution in [0.1, 0.15) is 76.1 Å². The maximum Gasteiger partial charge on any atom is 0.280 e. The standard InChI is InChI=1S/2C8H7NO3.2C2H7N.2C2H6/c2*1-6(10)7-4-2-3-5-8(7)9(11)12;2*1-2-3;2*1-2/h2*2-5H,1H3;2*2-3H2,1H3;2*1-2H3/p+1. The average molecular weight is 482 g/mol. The molecular formula is C24H41N4O6+. The van der Waals surface area contributed by atoms with Gasteiger partial charge in [-0.25, -0.2) is 0 Å². The van der Waals surface area contributed by atoms with Gasteiger partial charge in [0, 0.05) is 12.1 Å². The van der Waals surface area contributed by atoms with Gasteiger partial charge in [0.25, 0.3) is 11.4 Å². The number of benzene rings is 2. The molecule has 0 amide bonds. The Morgan fingerprint density at radius 1 is 0.765 bits per heavy atom. The van der Waals surface area contributed by atoms with Crippen LogP contribution in [0.25, 0.3) is 0 Å². The molecule has 0 atom stereocenters. The van der Waals surface area contributed by atoms with E-state index >= 15 is 0 Å². The van der Waals surface area contributed by atoms with Crippen LogP contribution in [0.2, 0.25) is 0 Å². The van der Waals surface area contributed by atoms with E-state index in [-0.39, 0.29) is 34.1 Å². The fraction of sp³-hybridized carbons (Fsp3) is 0.417. The van der Waals surface area contributed by atoms with Crippen LogP contribution >= 0.6 is 0 Å². The van der Waals surface area contributed by atoms with E-state index < -0.39 is 9.85 Å². The third-order valence-corrected chi connectivity index (χ3v) is 2.96. The van der Waals surface area contributed by atoms with Crippen molar-refractivity contribution in [1.29, 1.82) is 0 Å². The quantitative estimate of drug-likeness (QED) is 0.356. The minimum Gasteiger partial charge on any atom is -0.358 e. The van der Waals surface area contributed by atoms with Crippen molar-refractivity contribution in [3.05, 3.63) is 79.9 Å². The minimum absolute atomic E-state index is 0.134. The van der Waals surface area contributed by atoms with Crippen LogP contribution in [0, 0.1) is 20.2 Å². The lowest BCUT2D eigenvalue weighted by atomic mass is 10.1. The fourth-order valence-electron chi connectivity index (χ4n) is 1.86. The number of para-hydroxylation sites is 2. The maximum absolute atomic E-state index is 10.9. The number of hydrogen-bond acceptors (Lipinski definition) is 7. The molecule has 0 radical (unpaired) electrons. The number of quaternary nitrogens is 1. The van der Waals surface area contributed by atoms with Crippen molar-refractivity contribution in [2.45, 2.75) is 55.4 Å². The molecule has 34 heavy (non-hydrogen) atoms. The zero-order valence-electron chi connectivity index (χ0n) is 21.7. The van der Waals surface area contributed by atoms with E-state index in [1.165, 1.54) is 50.2 Å². The highest BCUT2D eigenvalue weighted by Crippen LogP contribution is 2.18. The van der Waals surface area contributed by atoms with Gasteiger partial charge in [-0.05, 0) is 39.4 Å². The Hall–Kier alpha value is -3.50. The molecule has 10 nitrogen and oxygen atoms in total. The second-order valence-electron chi connectivity index (χ2n) is 5.57. The van der Waals surface area contributed by atoms with Gasteiger partial charge in [0.1, 0.15) is 0 Å². The van der Waals surface area contributed by atoms with Crippen LogP contribution in [0.4, 0.5) is 11.4 Å². The lowest BCUT2D eigenvalue weighted by Crippen LogP contribution is -2.48. The second kappa shape index (κ2) is 25.8. The Labute approximate surface area is 202 Å². The molecule has 2 aromatic carbocycles. The van der Waals surface area contributed by atoms with Crippen LogP contribution in [-0.4, -0.2) is 34.5 Å². The summed E-state index contributed by atoms with van der Waals surface area (Å²) in [6.07, 6.45) is 0. The summed E-state index contributed by atoms with van der Waals surface area (Å²) >= 11 is 0. The van der Waals surface area contributed by atoms with Gasteiger partial charge in [0.2, 0.25) is 0 Å². The molecule has 0 spiro atoms. The Morgan fingerprint density at radius 2 is 0.971 bits per heavy atom. The van der Waals surface area contributed by atoms with Crippen molar-refractivity contribution in [3.8, 4) is 0 Å². The van der Waals surface area contributed by atoms with Gasteiger partial charge in [0.15, 0.2) is 11.6 Å². The van der Waals surface area contributed by atoms with Gasteiger partial charge < -0.3 is 11.5 Å². The zero-order valence-corrected chi connectivity index (χ0v) is 21.7. The van der Waals surface area contributed by atoms with Crippen LogP contribution in [-0.2, 0) is 0 Å². The van der Waals surface area contributed by atoms with Crippen molar-refractivity contribution in [3.63, 3.8) is 0 Å². The van der Waals surface area contributed by atoms with Crippen molar-refractivity contribution in [2.75, 3.05) is 13.1 Å². The van der Waals surface area contributed by atoms with Crippen LogP contribution in [0.15, 0.2) is 48.5 Å². The fourth-order valence-corrected chi connectivity index (χ4v) is 1.86. The second-order valence-corrected chi connectivity index (χ2v) is 5.57. The summed E-state index contributed by atoms with van der Waals surface area (Å²) in [6, 6.07) is 11.8. The molecule has 0 saturated heterocycles. The van der Waals surface area contributed by atoms with Gasteiger partial charge in [-0.3, -0.25) is 29.8 Å². The molecule has 0 saturated carbocycles. The van der Waals surface area contributed by atoms with E-state index in [0.29, 0.717) is 0 Å². The normalized spacial score (nSPS) is 8.06. The van der Waals surface area contributed by atoms with E-state index in [1.807, 2.05) is 41.5 Å². The van der Waals surface area contributed by atoms with Crippen LogP contribution in [0.3, 0.4) is 0 Å². The highest BCUT2D eigenvalue weighted by atomic mass is 16.6. The molecule has 0 heterocycles. The number of carbonyl (C=O) groups is 2. The monoisotopic (exact) mass is 481 g/mol. The molecule has 192 valence electrons. The molecule has 0 fully saturated rings. The van der Waals surface area contributed by atoms with E-state index in [1.54, 1.807) is 12.1 Å². The number of nitro benzene ring substituents is 2. The Morgan fingerprint density at radius 3 is 1.12 bits per heavy atom. The summed E-state index contributed by atoms with van der Waals surface area (Å²) in [7, 11) is 0. The predicted molar refractivity (Wildman–Crippen MR) is 137 cm³/mol. The van der Waals surface area contributed by atoms with Gasteiger partial charge >= 0.3 is 0 Å². The topological polar surface area (TPSA) is 174 Å². The molecule has 5 N–H and O–H groups in total. The lowest BCUT2D eigenvalue weighted by Gasteiger charge is -1.95. The van der Waals surface area contributed by atoms with Crippen molar-refractivity contribution >= 4 is 22.9 Å². The summed E-state index contributed by atoms with van der Waals surface area (Å²) in [5.74, 6) is -0.579. The Kier molecular flexibility index (Phi) is 28.6. The zero-order chi connectivity index (χ0) is 27.7. The molecular weight excluding hydrogens is 440 g/mol. The van der Waals surface area contributed by atoms with Crippen molar-refractivity contribution in [1.82, 2.24) is 0 Å². The highest BCUT2D eigenvalue weighted by molar-refractivity contribution is 5.98. The van der Waals surface area contributed by atoms with Crippen LogP contribution < -0.4 is 11.5 Å². The van der Waals surface area contributed by atoms with E-state index in [2.05, 4.69) is 5.73 Å². The van der Waals surface area contributed by atoms with Gasteiger partial charge in [0.05, 0.1) is 27.5 Å². The van der Waals surface area contributed by atoms with Crippen molar-refractivity contribution < 1.29 is 25.2 Å². The van der Waals surface area contributed by atoms with Gasteiger partial charge in [-0.15, -0.1) is 0 Å². The Balaban J connectivity index is -0.000000192. The summed E-state index contributed by atoms with van der Waals surface area (Å²) < 4.78 is 0. The Bertz CT molecular complexity index is 706.